The molecule has 0 aromatic carbocycles. The summed E-state index contributed by atoms with van der Waals surface area (Å²) < 4.78 is 0.00523. The van der Waals surface area contributed by atoms with Gasteiger partial charge in [-0.15, -0.1) is 11.8 Å². The van der Waals surface area contributed by atoms with E-state index in [0.717, 1.165) is 16.2 Å². The summed E-state index contributed by atoms with van der Waals surface area (Å²) in [6.07, 6.45) is 1.37. The molecule has 12 nitrogen and oxygen atoms in total. The van der Waals surface area contributed by atoms with Gasteiger partial charge < -0.3 is 26.1 Å². The standard InChI is InChI=1S/C16H14ClN5O7S2/c1-2-5-4-30-14-9(13(26)22(14)10(5)15(27)28)19-12(25)8(21-29-3-6(23)24)7-11(17)31-16(18)20-7/h2,9,14H,1,3-4H2,(H2,18,20)(H,19,25)(H,23,24)(H,27,28)/t9?,14-/m1/s1. The van der Waals surface area contributed by atoms with Gasteiger partial charge in [0.15, 0.2) is 10.8 Å². The van der Waals surface area contributed by atoms with Crippen LogP contribution in [-0.2, 0) is 24.0 Å². The van der Waals surface area contributed by atoms with Crippen LogP contribution >= 0.6 is 34.7 Å². The van der Waals surface area contributed by atoms with Gasteiger partial charge in [-0.3, -0.25) is 14.5 Å². The fourth-order valence-corrected chi connectivity index (χ4v) is 5.09. The van der Waals surface area contributed by atoms with E-state index in [1.54, 1.807) is 0 Å². The molecule has 1 aromatic rings. The summed E-state index contributed by atoms with van der Waals surface area (Å²) in [4.78, 5) is 57.2. The number of aliphatic carboxylic acids is 2. The van der Waals surface area contributed by atoms with Crippen molar-refractivity contribution in [2.45, 2.75) is 11.4 Å². The third-order valence-electron chi connectivity index (χ3n) is 4.12. The van der Waals surface area contributed by atoms with Gasteiger partial charge in [0, 0.05) is 5.75 Å². The number of fused-ring (bicyclic) bond motifs is 1. The third-order valence-corrected chi connectivity index (χ3v) is 6.50. The predicted molar refractivity (Wildman–Crippen MR) is 112 cm³/mol. The lowest BCUT2D eigenvalue weighted by Crippen LogP contribution is -2.71. The van der Waals surface area contributed by atoms with Crippen LogP contribution in [0.25, 0.3) is 0 Å². The second-order valence-electron chi connectivity index (χ2n) is 6.03. The number of thiazole rings is 1. The van der Waals surface area contributed by atoms with Crippen LogP contribution in [0.4, 0.5) is 5.13 Å². The van der Waals surface area contributed by atoms with Gasteiger partial charge >= 0.3 is 11.9 Å². The Labute approximate surface area is 187 Å². The lowest BCUT2D eigenvalue weighted by atomic mass is 10.0. The third kappa shape index (κ3) is 4.35. The Kier molecular flexibility index (Phi) is 6.52. The number of carboxylic acid groups (broad SMARTS) is 2. The number of β-lactam (4-membered cyclic amide) rings is 1. The Morgan fingerprint density at radius 1 is 1.45 bits per heavy atom. The summed E-state index contributed by atoms with van der Waals surface area (Å²) in [6.45, 7) is 2.72. The average Bonchev–Trinajstić information content (AvgIpc) is 3.05. The molecule has 2 amide bonds. The van der Waals surface area contributed by atoms with Crippen molar-refractivity contribution in [3.05, 3.63) is 34.0 Å². The second-order valence-corrected chi connectivity index (χ2v) is 8.76. The number of nitrogens with zero attached hydrogens (tertiary/aromatic N) is 3. The monoisotopic (exact) mass is 487 g/mol. The molecule has 1 fully saturated rings. The number of carbonyl (C=O) groups is 4. The van der Waals surface area contributed by atoms with E-state index in [2.05, 4.69) is 26.9 Å². The van der Waals surface area contributed by atoms with Gasteiger partial charge in [-0.1, -0.05) is 40.7 Å². The van der Waals surface area contributed by atoms with Crippen LogP contribution in [0.1, 0.15) is 5.69 Å². The van der Waals surface area contributed by atoms with Crippen molar-refractivity contribution in [1.29, 1.82) is 0 Å². The minimum atomic E-state index is -1.33. The topological polar surface area (TPSA) is 185 Å². The van der Waals surface area contributed by atoms with Crippen molar-refractivity contribution in [1.82, 2.24) is 15.2 Å². The Morgan fingerprint density at radius 3 is 2.71 bits per heavy atom. The van der Waals surface area contributed by atoms with Crippen molar-refractivity contribution in [3.63, 3.8) is 0 Å². The zero-order valence-electron chi connectivity index (χ0n) is 15.4. The van der Waals surface area contributed by atoms with Crippen molar-refractivity contribution < 1.29 is 34.2 Å². The molecule has 31 heavy (non-hydrogen) atoms. The number of thioether (sulfide) groups is 1. The number of aromatic nitrogens is 1. The molecule has 1 unspecified atom stereocenters. The van der Waals surface area contributed by atoms with Crippen molar-refractivity contribution in [2.24, 2.45) is 5.16 Å². The molecule has 3 rings (SSSR count). The quantitative estimate of drug-likeness (QED) is 0.223. The number of nitrogens with two attached hydrogens (primary N) is 1. The number of hydrogen-bond donors (Lipinski definition) is 4. The molecule has 164 valence electrons. The Balaban J connectivity index is 1.83. The molecule has 0 radical (unpaired) electrons. The Hall–Kier alpha value is -3.10. The molecular formula is C16H14ClN5O7S2. The summed E-state index contributed by atoms with van der Waals surface area (Å²) in [5.41, 5.74) is 5.15. The Morgan fingerprint density at radius 2 is 2.16 bits per heavy atom. The molecule has 15 heteroatoms. The smallest absolute Gasteiger partial charge is 0.352 e. The highest BCUT2D eigenvalue weighted by atomic mass is 35.5. The van der Waals surface area contributed by atoms with Crippen LogP contribution < -0.4 is 11.1 Å². The molecule has 1 saturated heterocycles. The molecule has 2 atom stereocenters. The zero-order valence-corrected chi connectivity index (χ0v) is 17.8. The lowest BCUT2D eigenvalue weighted by Gasteiger charge is -2.49. The van der Waals surface area contributed by atoms with Gasteiger partial charge in [0.2, 0.25) is 6.61 Å². The number of nitrogen functional groups attached to an aromatic ring is 1. The van der Waals surface area contributed by atoms with Crippen LogP contribution in [0.3, 0.4) is 0 Å². The minimum Gasteiger partial charge on any atom is -0.479 e. The molecule has 0 spiro atoms. The van der Waals surface area contributed by atoms with E-state index >= 15 is 0 Å². The number of rotatable bonds is 8. The van der Waals surface area contributed by atoms with Crippen molar-refractivity contribution in [3.8, 4) is 0 Å². The fraction of sp³-hybridized carbons (Fsp3) is 0.250. The first-order chi connectivity index (χ1) is 14.6. The summed E-state index contributed by atoms with van der Waals surface area (Å²) in [5, 5.41) is 23.4. The molecule has 5 N–H and O–H groups in total. The summed E-state index contributed by atoms with van der Waals surface area (Å²) in [5.74, 6) is -3.90. The summed E-state index contributed by atoms with van der Waals surface area (Å²) in [6, 6.07) is -1.06. The van der Waals surface area contributed by atoms with E-state index < -0.39 is 47.5 Å². The van der Waals surface area contributed by atoms with Crippen LogP contribution in [-0.4, -0.2) is 73.3 Å². The SMILES string of the molecule is C=CC1=C(C(=O)O)N2C(=O)C(NC(=O)C(=NOCC(=O)O)c3nc(N)sc3Cl)[C@H]2SC1. The summed E-state index contributed by atoms with van der Waals surface area (Å²) in [7, 11) is 0. The van der Waals surface area contributed by atoms with Gasteiger partial charge in [0.1, 0.15) is 27.1 Å². The highest BCUT2D eigenvalue weighted by Gasteiger charge is 2.54. The number of oxime groups is 1. The highest BCUT2D eigenvalue weighted by Crippen LogP contribution is 2.40. The van der Waals surface area contributed by atoms with E-state index in [1.165, 1.54) is 17.8 Å². The van der Waals surface area contributed by atoms with E-state index in [9.17, 15) is 24.3 Å². The number of anilines is 1. The fourth-order valence-electron chi connectivity index (χ4n) is 2.82. The van der Waals surface area contributed by atoms with Crippen LogP contribution in [0, 0.1) is 0 Å². The largest absolute Gasteiger partial charge is 0.479 e. The first-order valence-corrected chi connectivity index (χ1v) is 10.6. The number of allylic oxidation sites excluding steroid dienone is 1. The lowest BCUT2D eigenvalue weighted by molar-refractivity contribution is -0.150. The van der Waals surface area contributed by atoms with Crippen molar-refractivity contribution >= 4 is 69.3 Å². The normalized spacial score (nSPS) is 20.6. The maximum absolute atomic E-state index is 12.8. The van der Waals surface area contributed by atoms with E-state index in [0.29, 0.717) is 5.57 Å². The zero-order chi connectivity index (χ0) is 22.9. The molecule has 0 saturated carbocycles. The molecule has 3 heterocycles. The number of carboxylic acids is 2. The van der Waals surface area contributed by atoms with Gasteiger partial charge in [0.05, 0.1) is 0 Å². The minimum absolute atomic E-state index is 0.00523. The first-order valence-electron chi connectivity index (χ1n) is 8.34. The summed E-state index contributed by atoms with van der Waals surface area (Å²) >= 11 is 8.12. The number of amides is 2. The molecule has 2 aliphatic rings. The number of halogens is 1. The van der Waals surface area contributed by atoms with E-state index in [4.69, 9.17) is 22.4 Å². The molecule has 0 bridgehead atoms. The molecule has 2 aliphatic heterocycles. The van der Waals surface area contributed by atoms with Crippen LogP contribution in [0.5, 0.6) is 0 Å². The Bertz CT molecular complexity index is 1050. The first kappa shape index (κ1) is 22.6. The highest BCUT2D eigenvalue weighted by molar-refractivity contribution is 8.00. The van der Waals surface area contributed by atoms with Crippen LogP contribution in [0.15, 0.2) is 29.1 Å². The second kappa shape index (κ2) is 8.95. The average molecular weight is 488 g/mol. The molecule has 0 aliphatic carbocycles. The van der Waals surface area contributed by atoms with Crippen LogP contribution in [0.2, 0.25) is 4.34 Å². The van der Waals surface area contributed by atoms with Gasteiger partial charge in [0.25, 0.3) is 11.8 Å². The maximum Gasteiger partial charge on any atom is 0.352 e. The van der Waals surface area contributed by atoms with Gasteiger partial charge in [-0.25, -0.2) is 14.6 Å². The van der Waals surface area contributed by atoms with E-state index in [1.807, 2.05) is 0 Å². The molecule has 1 aromatic heterocycles. The number of nitrogens with one attached hydrogen (secondary N) is 1. The van der Waals surface area contributed by atoms with Crippen molar-refractivity contribution in [2.75, 3.05) is 18.1 Å². The number of hydrogen-bond acceptors (Lipinski definition) is 10. The van der Waals surface area contributed by atoms with Gasteiger partial charge in [-0.05, 0) is 5.57 Å². The maximum atomic E-state index is 12.8. The predicted octanol–water partition coefficient (Wildman–Crippen LogP) is 0.109. The number of carbonyl (C=O) groups excluding carboxylic acids is 2. The molecular weight excluding hydrogens is 474 g/mol. The van der Waals surface area contributed by atoms with Gasteiger partial charge in [-0.2, -0.15) is 0 Å². The van der Waals surface area contributed by atoms with E-state index in [-0.39, 0.29) is 26.6 Å².